The maximum atomic E-state index is 12.3. The fourth-order valence-electron chi connectivity index (χ4n) is 2.16. The van der Waals surface area contributed by atoms with Gasteiger partial charge in [0.15, 0.2) is 11.5 Å². The molecule has 2 atom stereocenters. The number of hydrogen-bond acceptors (Lipinski definition) is 4. The maximum absolute atomic E-state index is 12.3. The fraction of sp³-hybridized carbons (Fsp3) is 0.786. The zero-order valence-electron chi connectivity index (χ0n) is 11.5. The van der Waals surface area contributed by atoms with E-state index in [-0.39, 0.29) is 17.3 Å². The van der Waals surface area contributed by atoms with Crippen LogP contribution in [-0.4, -0.2) is 26.5 Å². The van der Waals surface area contributed by atoms with Gasteiger partial charge in [0.2, 0.25) is 0 Å². The van der Waals surface area contributed by atoms with Gasteiger partial charge in [-0.25, -0.2) is 0 Å². The Balaban J connectivity index is 2.62. The summed E-state index contributed by atoms with van der Waals surface area (Å²) >= 11 is 1.42. The first-order valence-electron chi connectivity index (χ1n) is 6.74. The smallest absolute Gasteiger partial charge is 0.157 e. The van der Waals surface area contributed by atoms with Crippen molar-refractivity contribution in [1.82, 2.24) is 0 Å². The lowest BCUT2D eigenvalue weighted by molar-refractivity contribution is -0.121. The van der Waals surface area contributed by atoms with E-state index in [9.17, 15) is 15.0 Å². The van der Waals surface area contributed by atoms with Gasteiger partial charge < -0.3 is 10.2 Å². The van der Waals surface area contributed by atoms with Gasteiger partial charge in [-0.2, -0.15) is 0 Å². The Morgan fingerprint density at radius 3 is 2.39 bits per heavy atom. The molecule has 1 fully saturated rings. The van der Waals surface area contributed by atoms with Gasteiger partial charge in [-0.15, -0.1) is 11.8 Å². The molecule has 4 heteroatoms. The predicted octanol–water partition coefficient (Wildman–Crippen LogP) is 4.00. The number of ketones is 1. The summed E-state index contributed by atoms with van der Waals surface area (Å²) in [5.41, 5.74) is 0. The normalized spacial score (nSPS) is 25.5. The van der Waals surface area contributed by atoms with Crippen LogP contribution in [0.5, 0.6) is 0 Å². The van der Waals surface area contributed by atoms with Crippen LogP contribution in [0.25, 0.3) is 0 Å². The largest absolute Gasteiger partial charge is 0.509 e. The molecule has 1 saturated heterocycles. The zero-order valence-corrected chi connectivity index (χ0v) is 12.3. The standard InChI is InChI=1S/C14H24O3S/c1-4-6-7-11(5-2)8-12(16)14(9-18-14)13(17)10(3)15/h11,15,17H,4-9H2,1-3H3. The number of unbranched alkanes of at least 4 members (excludes halogenated alkanes) is 1. The molecule has 0 spiro atoms. The van der Waals surface area contributed by atoms with Crippen LogP contribution < -0.4 is 0 Å². The van der Waals surface area contributed by atoms with Gasteiger partial charge in [-0.05, 0) is 12.8 Å². The summed E-state index contributed by atoms with van der Waals surface area (Å²) in [6, 6.07) is 0. The lowest BCUT2D eigenvalue weighted by Gasteiger charge is -2.17. The summed E-state index contributed by atoms with van der Waals surface area (Å²) in [6.45, 7) is 5.68. The summed E-state index contributed by atoms with van der Waals surface area (Å²) in [4.78, 5) is 12.3. The molecule has 0 aromatic rings. The van der Waals surface area contributed by atoms with Gasteiger partial charge in [-0.3, -0.25) is 4.79 Å². The van der Waals surface area contributed by atoms with Gasteiger partial charge in [0.1, 0.15) is 10.5 Å². The highest BCUT2D eigenvalue weighted by Crippen LogP contribution is 2.52. The quantitative estimate of drug-likeness (QED) is 0.518. The van der Waals surface area contributed by atoms with Crippen LogP contribution in [0.1, 0.15) is 52.9 Å². The molecule has 104 valence electrons. The zero-order chi connectivity index (χ0) is 13.8. The third-order valence-corrected chi connectivity index (χ3v) is 4.91. The predicted molar refractivity (Wildman–Crippen MR) is 76.1 cm³/mol. The third-order valence-electron chi connectivity index (χ3n) is 3.63. The van der Waals surface area contributed by atoms with Crippen LogP contribution in [-0.2, 0) is 4.79 Å². The molecule has 2 unspecified atom stereocenters. The molecule has 18 heavy (non-hydrogen) atoms. The number of carbonyl (C=O) groups is 1. The van der Waals surface area contributed by atoms with E-state index in [0.717, 1.165) is 25.7 Å². The number of hydrogen-bond donors (Lipinski definition) is 2. The van der Waals surface area contributed by atoms with Crippen molar-refractivity contribution in [2.75, 3.05) is 5.75 Å². The molecule has 0 aliphatic carbocycles. The average Bonchev–Trinajstić information content (AvgIpc) is 3.14. The number of thioether (sulfide) groups is 1. The number of allylic oxidation sites excluding steroid dienone is 1. The molecule has 0 aromatic heterocycles. The Morgan fingerprint density at radius 1 is 1.39 bits per heavy atom. The molecule has 0 radical (unpaired) electrons. The molecule has 0 bridgehead atoms. The fourth-order valence-corrected chi connectivity index (χ4v) is 3.14. The van der Waals surface area contributed by atoms with Crippen molar-refractivity contribution in [1.29, 1.82) is 0 Å². The number of aliphatic hydroxyl groups is 2. The van der Waals surface area contributed by atoms with Crippen molar-refractivity contribution in [2.45, 2.75) is 57.6 Å². The highest BCUT2D eigenvalue weighted by molar-refractivity contribution is 8.09. The lowest BCUT2D eigenvalue weighted by Crippen LogP contribution is -2.28. The first-order chi connectivity index (χ1) is 8.47. The van der Waals surface area contributed by atoms with E-state index in [1.54, 1.807) is 0 Å². The first-order valence-corrected chi connectivity index (χ1v) is 7.73. The minimum atomic E-state index is -0.821. The second-order valence-corrected chi connectivity index (χ2v) is 6.37. The van der Waals surface area contributed by atoms with Gasteiger partial charge >= 0.3 is 0 Å². The van der Waals surface area contributed by atoms with Gasteiger partial charge in [0.05, 0.1) is 0 Å². The lowest BCUT2D eigenvalue weighted by atomic mass is 9.89. The number of carbonyl (C=O) groups excluding carboxylic acids is 1. The van der Waals surface area contributed by atoms with E-state index < -0.39 is 4.75 Å². The molecule has 0 aromatic carbocycles. The summed E-state index contributed by atoms with van der Waals surface area (Å²) in [6.07, 6.45) is 4.87. The van der Waals surface area contributed by atoms with E-state index in [1.807, 2.05) is 0 Å². The van der Waals surface area contributed by atoms with Crippen LogP contribution in [0.4, 0.5) is 0 Å². The summed E-state index contributed by atoms with van der Waals surface area (Å²) in [5, 5.41) is 19.2. The van der Waals surface area contributed by atoms with E-state index in [1.165, 1.54) is 18.7 Å². The summed E-state index contributed by atoms with van der Waals surface area (Å²) in [5.74, 6) is 0.807. The highest BCUT2D eigenvalue weighted by atomic mass is 32.2. The van der Waals surface area contributed by atoms with Crippen molar-refractivity contribution in [3.63, 3.8) is 0 Å². The van der Waals surface area contributed by atoms with Crippen molar-refractivity contribution in [3.8, 4) is 0 Å². The molecular weight excluding hydrogens is 248 g/mol. The summed E-state index contributed by atoms with van der Waals surface area (Å²) in [7, 11) is 0. The first kappa shape index (κ1) is 15.4. The van der Waals surface area contributed by atoms with E-state index in [4.69, 9.17) is 0 Å². The monoisotopic (exact) mass is 272 g/mol. The highest BCUT2D eigenvalue weighted by Gasteiger charge is 2.55. The Kier molecular flexibility index (Phi) is 5.57. The number of aliphatic hydroxyl groups excluding tert-OH is 2. The Morgan fingerprint density at radius 2 is 2.00 bits per heavy atom. The van der Waals surface area contributed by atoms with E-state index in [0.29, 0.717) is 18.1 Å². The van der Waals surface area contributed by atoms with Crippen molar-refractivity contribution >= 4 is 17.5 Å². The van der Waals surface area contributed by atoms with E-state index in [2.05, 4.69) is 13.8 Å². The second kappa shape index (κ2) is 6.50. The summed E-state index contributed by atoms with van der Waals surface area (Å²) < 4.78 is -0.821. The second-order valence-electron chi connectivity index (χ2n) is 5.09. The van der Waals surface area contributed by atoms with Crippen molar-refractivity contribution in [2.24, 2.45) is 5.92 Å². The molecule has 3 nitrogen and oxygen atoms in total. The van der Waals surface area contributed by atoms with Crippen LogP contribution in [0, 0.1) is 5.92 Å². The van der Waals surface area contributed by atoms with Crippen LogP contribution >= 0.6 is 11.8 Å². The average molecular weight is 272 g/mol. The van der Waals surface area contributed by atoms with Gasteiger partial charge in [0, 0.05) is 12.2 Å². The van der Waals surface area contributed by atoms with Crippen molar-refractivity contribution < 1.29 is 15.0 Å². The maximum Gasteiger partial charge on any atom is 0.157 e. The molecule has 1 aliphatic heterocycles. The topological polar surface area (TPSA) is 57.5 Å². The number of rotatable bonds is 8. The van der Waals surface area contributed by atoms with Gasteiger partial charge in [-0.1, -0.05) is 39.5 Å². The Bertz CT molecular complexity index is 328. The Labute approximate surface area is 114 Å². The Hall–Kier alpha value is -0.640. The molecule has 2 N–H and O–H groups in total. The third kappa shape index (κ3) is 3.44. The molecule has 1 aliphatic rings. The minimum absolute atomic E-state index is 0.0707. The van der Waals surface area contributed by atoms with Crippen LogP contribution in [0.3, 0.4) is 0 Å². The molecule has 0 saturated carbocycles. The molecule has 1 heterocycles. The molecule has 1 rings (SSSR count). The molecule has 0 amide bonds. The van der Waals surface area contributed by atoms with Crippen LogP contribution in [0.2, 0.25) is 0 Å². The van der Waals surface area contributed by atoms with Crippen LogP contribution in [0.15, 0.2) is 11.5 Å². The SMILES string of the molecule is CCCCC(CC)CC(=O)C1(C(O)=C(C)O)CS1. The minimum Gasteiger partial charge on any atom is -0.509 e. The van der Waals surface area contributed by atoms with E-state index >= 15 is 0 Å². The molecular formula is C14H24O3S. The van der Waals surface area contributed by atoms with Gasteiger partial charge in [0.25, 0.3) is 0 Å². The number of Topliss-reactive ketones (excluding diaryl/α,β-unsaturated/α-hetero) is 1. The van der Waals surface area contributed by atoms with Crippen molar-refractivity contribution in [3.05, 3.63) is 11.5 Å².